The summed E-state index contributed by atoms with van der Waals surface area (Å²) in [5, 5.41) is 7.49. The molecule has 0 saturated heterocycles. The smallest absolute Gasteiger partial charge is 0.162 e. The Morgan fingerprint density at radius 3 is 2.67 bits per heavy atom. The van der Waals surface area contributed by atoms with E-state index in [2.05, 4.69) is 33.5 Å². The number of fused-ring (bicyclic) bond motifs is 1. The van der Waals surface area contributed by atoms with Gasteiger partial charge < -0.3 is 0 Å². The van der Waals surface area contributed by atoms with Crippen LogP contribution < -0.4 is 0 Å². The third-order valence-electron chi connectivity index (χ3n) is 3.23. The van der Waals surface area contributed by atoms with Crippen LogP contribution in [0.1, 0.15) is 0 Å². The number of halogens is 1. The fourth-order valence-corrected chi connectivity index (χ4v) is 3.80. The molecule has 3 heterocycles. The van der Waals surface area contributed by atoms with Crippen LogP contribution in [0.4, 0.5) is 0 Å². The number of rotatable bonds is 2. The molecule has 1 aromatic carbocycles. The molecule has 0 radical (unpaired) electrons. The van der Waals surface area contributed by atoms with Crippen molar-refractivity contribution in [3.8, 4) is 21.8 Å². The van der Waals surface area contributed by atoms with Gasteiger partial charge in [0.15, 0.2) is 5.82 Å². The normalized spacial score (nSPS) is 11.1. The first-order chi connectivity index (χ1) is 10.3. The van der Waals surface area contributed by atoms with Gasteiger partial charge in [0.05, 0.1) is 5.52 Å². The average molecular weight is 329 g/mol. The molecule has 2 nitrogen and oxygen atoms in total. The Morgan fingerprint density at radius 2 is 1.90 bits per heavy atom. The molecule has 0 unspecified atom stereocenters. The summed E-state index contributed by atoms with van der Waals surface area (Å²) in [6, 6.07) is 12.3. The maximum absolute atomic E-state index is 6.37. The van der Waals surface area contributed by atoms with E-state index in [1.54, 1.807) is 22.7 Å². The van der Waals surface area contributed by atoms with Crippen molar-refractivity contribution in [2.45, 2.75) is 0 Å². The minimum atomic E-state index is 0.500. The van der Waals surface area contributed by atoms with Crippen molar-refractivity contribution >= 4 is 45.2 Å². The summed E-state index contributed by atoms with van der Waals surface area (Å²) < 4.78 is 0. The lowest BCUT2D eigenvalue weighted by molar-refractivity contribution is 1.23. The SMILES string of the molecule is Clc1nc(-c2ccsc2)nc2ccc(-c3cccs3)cc12. The molecule has 0 fully saturated rings. The Labute approximate surface area is 134 Å². The van der Waals surface area contributed by atoms with Crippen LogP contribution in [0.15, 0.2) is 52.5 Å². The molecule has 0 saturated carbocycles. The van der Waals surface area contributed by atoms with Gasteiger partial charge in [-0.3, -0.25) is 0 Å². The molecular formula is C16H9ClN2S2. The Bertz CT molecular complexity index is 900. The van der Waals surface area contributed by atoms with Gasteiger partial charge in [0, 0.05) is 21.2 Å². The Morgan fingerprint density at radius 1 is 0.952 bits per heavy atom. The Kier molecular flexibility index (Phi) is 3.22. The van der Waals surface area contributed by atoms with E-state index in [0.29, 0.717) is 11.0 Å². The second-order valence-electron chi connectivity index (χ2n) is 4.56. The molecule has 4 aromatic rings. The molecule has 0 aliphatic carbocycles. The zero-order valence-corrected chi connectivity index (χ0v) is 13.2. The molecule has 3 aromatic heterocycles. The van der Waals surface area contributed by atoms with Gasteiger partial charge in [0.25, 0.3) is 0 Å². The van der Waals surface area contributed by atoms with E-state index < -0.39 is 0 Å². The van der Waals surface area contributed by atoms with Crippen LogP contribution in [0, 0.1) is 0 Å². The van der Waals surface area contributed by atoms with Crippen molar-refractivity contribution in [2.75, 3.05) is 0 Å². The van der Waals surface area contributed by atoms with Crippen LogP contribution in [-0.4, -0.2) is 9.97 Å². The molecule has 5 heteroatoms. The minimum absolute atomic E-state index is 0.500. The van der Waals surface area contributed by atoms with Gasteiger partial charge in [-0.2, -0.15) is 11.3 Å². The van der Waals surface area contributed by atoms with Gasteiger partial charge in [0.2, 0.25) is 0 Å². The highest BCUT2D eigenvalue weighted by Gasteiger charge is 2.10. The van der Waals surface area contributed by atoms with E-state index in [1.807, 2.05) is 29.0 Å². The third kappa shape index (κ3) is 2.35. The van der Waals surface area contributed by atoms with E-state index in [9.17, 15) is 0 Å². The molecule has 4 rings (SSSR count). The standard InChI is InChI=1S/C16H9ClN2S2/c17-15-12-8-10(14-2-1-6-21-14)3-4-13(12)18-16(19-15)11-5-7-20-9-11/h1-9H. The Hall–Kier alpha value is -1.75. The van der Waals surface area contributed by atoms with Gasteiger partial charge in [-0.05, 0) is 40.6 Å². The third-order valence-corrected chi connectivity index (χ3v) is 5.12. The molecule has 0 bridgehead atoms. The summed E-state index contributed by atoms with van der Waals surface area (Å²) in [5.41, 5.74) is 3.02. The zero-order chi connectivity index (χ0) is 14.2. The predicted octanol–water partition coefficient (Wildman–Crippen LogP) is 5.74. The molecule has 0 aliphatic rings. The van der Waals surface area contributed by atoms with E-state index in [0.717, 1.165) is 22.0 Å². The number of hydrogen-bond acceptors (Lipinski definition) is 4. The summed E-state index contributed by atoms with van der Waals surface area (Å²) in [6.07, 6.45) is 0. The first-order valence-electron chi connectivity index (χ1n) is 6.35. The fraction of sp³-hybridized carbons (Fsp3) is 0. The Balaban J connectivity index is 1.90. The van der Waals surface area contributed by atoms with Crippen molar-refractivity contribution < 1.29 is 0 Å². The second-order valence-corrected chi connectivity index (χ2v) is 6.65. The summed E-state index contributed by atoms with van der Waals surface area (Å²) in [7, 11) is 0. The number of hydrogen-bond donors (Lipinski definition) is 0. The molecule has 0 N–H and O–H groups in total. The van der Waals surface area contributed by atoms with Crippen LogP contribution in [0.3, 0.4) is 0 Å². The topological polar surface area (TPSA) is 25.8 Å². The average Bonchev–Trinajstić information content (AvgIpc) is 3.20. The highest BCUT2D eigenvalue weighted by atomic mass is 35.5. The van der Waals surface area contributed by atoms with Crippen LogP contribution in [-0.2, 0) is 0 Å². The molecule has 0 atom stereocenters. The summed E-state index contributed by atoms with van der Waals surface area (Å²) in [6.45, 7) is 0. The zero-order valence-electron chi connectivity index (χ0n) is 10.8. The highest BCUT2D eigenvalue weighted by molar-refractivity contribution is 7.13. The molecule has 0 aliphatic heterocycles. The largest absolute Gasteiger partial charge is 0.228 e. The number of aromatic nitrogens is 2. The first-order valence-corrected chi connectivity index (χ1v) is 8.55. The number of thiophene rings is 2. The van der Waals surface area contributed by atoms with Crippen molar-refractivity contribution in [2.24, 2.45) is 0 Å². The molecule has 0 spiro atoms. The summed E-state index contributed by atoms with van der Waals surface area (Å²) in [5.74, 6) is 0.678. The van der Waals surface area contributed by atoms with Gasteiger partial charge in [-0.25, -0.2) is 9.97 Å². The molecule has 0 amide bonds. The predicted molar refractivity (Wildman–Crippen MR) is 91.2 cm³/mol. The van der Waals surface area contributed by atoms with E-state index >= 15 is 0 Å². The van der Waals surface area contributed by atoms with Crippen LogP contribution in [0.2, 0.25) is 5.15 Å². The minimum Gasteiger partial charge on any atom is -0.228 e. The maximum atomic E-state index is 6.37. The first kappa shape index (κ1) is 13.0. The van der Waals surface area contributed by atoms with Crippen molar-refractivity contribution in [1.82, 2.24) is 9.97 Å². The highest BCUT2D eigenvalue weighted by Crippen LogP contribution is 2.31. The lowest BCUT2D eigenvalue weighted by Gasteiger charge is -2.05. The van der Waals surface area contributed by atoms with Crippen LogP contribution in [0.25, 0.3) is 32.7 Å². The van der Waals surface area contributed by atoms with Crippen molar-refractivity contribution in [3.05, 3.63) is 57.7 Å². The van der Waals surface area contributed by atoms with Crippen LogP contribution in [0.5, 0.6) is 0 Å². The monoisotopic (exact) mass is 328 g/mol. The van der Waals surface area contributed by atoms with E-state index in [4.69, 9.17) is 11.6 Å². The van der Waals surface area contributed by atoms with E-state index in [-0.39, 0.29) is 0 Å². The molecule has 21 heavy (non-hydrogen) atoms. The van der Waals surface area contributed by atoms with Gasteiger partial charge in [0.1, 0.15) is 5.15 Å². The second kappa shape index (κ2) is 5.22. The van der Waals surface area contributed by atoms with Gasteiger partial charge >= 0.3 is 0 Å². The van der Waals surface area contributed by atoms with Crippen molar-refractivity contribution in [3.63, 3.8) is 0 Å². The van der Waals surface area contributed by atoms with Crippen molar-refractivity contribution in [1.29, 1.82) is 0 Å². The number of nitrogens with zero attached hydrogens (tertiary/aromatic N) is 2. The quantitative estimate of drug-likeness (QED) is 0.438. The maximum Gasteiger partial charge on any atom is 0.162 e. The van der Waals surface area contributed by atoms with E-state index in [1.165, 1.54) is 4.88 Å². The lowest BCUT2D eigenvalue weighted by Crippen LogP contribution is -1.91. The van der Waals surface area contributed by atoms with Gasteiger partial charge in [-0.15, -0.1) is 11.3 Å². The molecular weight excluding hydrogens is 320 g/mol. The summed E-state index contributed by atoms with van der Waals surface area (Å²) >= 11 is 9.70. The van der Waals surface area contributed by atoms with Gasteiger partial charge in [-0.1, -0.05) is 23.7 Å². The fourth-order valence-electron chi connectivity index (χ4n) is 2.21. The lowest BCUT2D eigenvalue weighted by atomic mass is 10.1. The van der Waals surface area contributed by atoms with Crippen LogP contribution >= 0.6 is 34.3 Å². The number of benzene rings is 1. The molecule has 102 valence electrons. The summed E-state index contributed by atoms with van der Waals surface area (Å²) in [4.78, 5) is 10.3.